The minimum atomic E-state index is -0.336. The lowest BCUT2D eigenvalue weighted by atomic mass is 9.94. The van der Waals surface area contributed by atoms with Gasteiger partial charge in [0.2, 0.25) is 11.8 Å². The van der Waals surface area contributed by atoms with Crippen molar-refractivity contribution in [3.63, 3.8) is 0 Å². The predicted octanol–water partition coefficient (Wildman–Crippen LogP) is 2.10. The third-order valence-corrected chi connectivity index (χ3v) is 7.02. The summed E-state index contributed by atoms with van der Waals surface area (Å²) >= 11 is 0. The number of carbonyl (C=O) groups excluding carboxylic acids is 2. The van der Waals surface area contributed by atoms with Crippen molar-refractivity contribution in [1.29, 1.82) is 0 Å². The number of amides is 2. The number of hydrogen-bond donors (Lipinski definition) is 2. The molecule has 3 heterocycles. The Morgan fingerprint density at radius 2 is 1.69 bits per heavy atom. The molecule has 0 unspecified atom stereocenters. The van der Waals surface area contributed by atoms with Crippen LogP contribution in [0.2, 0.25) is 0 Å². The molecule has 176 valence electrons. The number of halogens is 1. The first-order chi connectivity index (χ1) is 15.4. The van der Waals surface area contributed by atoms with E-state index in [1.54, 1.807) is 0 Å². The lowest BCUT2D eigenvalue weighted by molar-refractivity contribution is -0.146. The maximum atomic E-state index is 15.0. The predicted molar refractivity (Wildman–Crippen MR) is 122 cm³/mol. The number of benzene rings is 1. The number of piperazine rings is 1. The molecule has 3 aliphatic rings. The van der Waals surface area contributed by atoms with Gasteiger partial charge in [0.05, 0.1) is 11.4 Å². The molecule has 2 amide bonds. The molecule has 3 fully saturated rings. The van der Waals surface area contributed by atoms with Crippen molar-refractivity contribution in [3.8, 4) is 0 Å². The van der Waals surface area contributed by atoms with Crippen LogP contribution in [-0.4, -0.2) is 72.5 Å². The van der Waals surface area contributed by atoms with Gasteiger partial charge in [-0.05, 0) is 56.7 Å². The van der Waals surface area contributed by atoms with Crippen molar-refractivity contribution < 1.29 is 14.0 Å². The van der Waals surface area contributed by atoms with Gasteiger partial charge in [-0.1, -0.05) is 0 Å². The van der Waals surface area contributed by atoms with Crippen molar-refractivity contribution in [2.45, 2.75) is 45.4 Å². The quantitative estimate of drug-likeness (QED) is 0.511. The minimum absolute atomic E-state index is 0.269. The standard InChI is InChI=1S/C23H35FN6O2/c1-17-15-21(19(24)16-20(17)26-30-22(31)3-2-4-23(30)32)28-13-11-27(12-14-28)8-5-18-6-9-29(25)10-7-18/h15-16,18,26H,2-14,25H2,1H3. The smallest absolute Gasteiger partial charge is 0.248 e. The Hall–Kier alpha value is -2.23. The summed E-state index contributed by atoms with van der Waals surface area (Å²) in [7, 11) is 0. The highest BCUT2D eigenvalue weighted by molar-refractivity contribution is 5.98. The highest BCUT2D eigenvalue weighted by Gasteiger charge is 2.27. The van der Waals surface area contributed by atoms with Gasteiger partial charge in [-0.25, -0.2) is 9.40 Å². The molecular weight excluding hydrogens is 411 g/mol. The number of anilines is 2. The van der Waals surface area contributed by atoms with Crippen LogP contribution in [0.25, 0.3) is 0 Å². The van der Waals surface area contributed by atoms with E-state index >= 15 is 0 Å². The Labute approximate surface area is 189 Å². The van der Waals surface area contributed by atoms with E-state index in [0.717, 1.165) is 62.3 Å². The fraction of sp³-hybridized carbons (Fsp3) is 0.652. The SMILES string of the molecule is Cc1cc(N2CCN(CCC3CCN(N)CC3)CC2)c(F)cc1NN1C(=O)CCCC1=O. The monoisotopic (exact) mass is 446 g/mol. The van der Waals surface area contributed by atoms with Gasteiger partial charge in [0.1, 0.15) is 5.82 Å². The van der Waals surface area contributed by atoms with Crippen molar-refractivity contribution in [2.24, 2.45) is 11.8 Å². The Morgan fingerprint density at radius 1 is 1.03 bits per heavy atom. The van der Waals surface area contributed by atoms with E-state index in [4.69, 9.17) is 5.84 Å². The van der Waals surface area contributed by atoms with Gasteiger partial charge in [0.25, 0.3) is 0 Å². The normalized spacial score (nSPS) is 22.0. The van der Waals surface area contributed by atoms with Crippen molar-refractivity contribution in [3.05, 3.63) is 23.5 Å². The number of nitrogens with two attached hydrogens (primary N) is 1. The number of imide groups is 1. The van der Waals surface area contributed by atoms with Gasteiger partial charge in [0, 0.05) is 58.2 Å². The molecule has 3 aliphatic heterocycles. The van der Waals surface area contributed by atoms with Gasteiger partial charge in [-0.15, -0.1) is 0 Å². The number of hydrazine groups is 2. The molecule has 8 nitrogen and oxygen atoms in total. The second-order valence-corrected chi connectivity index (χ2v) is 9.30. The summed E-state index contributed by atoms with van der Waals surface area (Å²) < 4.78 is 15.0. The minimum Gasteiger partial charge on any atom is -0.367 e. The number of nitrogens with one attached hydrogen (secondary N) is 1. The van der Waals surface area contributed by atoms with Gasteiger partial charge >= 0.3 is 0 Å². The molecule has 0 spiro atoms. The number of carbonyl (C=O) groups is 2. The Morgan fingerprint density at radius 3 is 2.34 bits per heavy atom. The third-order valence-electron chi connectivity index (χ3n) is 7.02. The fourth-order valence-electron chi connectivity index (χ4n) is 4.85. The van der Waals surface area contributed by atoms with Gasteiger partial charge in [0.15, 0.2) is 0 Å². The zero-order valence-electron chi connectivity index (χ0n) is 19.0. The first kappa shape index (κ1) is 22.9. The van der Waals surface area contributed by atoms with Gasteiger partial charge in [-0.3, -0.25) is 25.8 Å². The van der Waals surface area contributed by atoms with Crippen LogP contribution in [0.4, 0.5) is 15.8 Å². The lowest BCUT2D eigenvalue weighted by Crippen LogP contribution is -2.47. The molecular formula is C23H35FN6O2. The number of aryl methyl sites for hydroxylation is 1. The van der Waals surface area contributed by atoms with Crippen LogP contribution in [0.15, 0.2) is 12.1 Å². The fourth-order valence-corrected chi connectivity index (χ4v) is 4.85. The molecule has 9 heteroatoms. The molecule has 0 bridgehead atoms. The van der Waals surface area contributed by atoms with Crippen LogP contribution in [0, 0.1) is 18.7 Å². The Bertz CT molecular complexity index is 818. The van der Waals surface area contributed by atoms with Gasteiger partial charge in [-0.2, -0.15) is 5.01 Å². The van der Waals surface area contributed by atoms with E-state index in [0.29, 0.717) is 30.6 Å². The highest BCUT2D eigenvalue weighted by Crippen LogP contribution is 2.29. The summed E-state index contributed by atoms with van der Waals surface area (Å²) in [4.78, 5) is 28.7. The molecule has 32 heavy (non-hydrogen) atoms. The van der Waals surface area contributed by atoms with E-state index in [2.05, 4.69) is 15.2 Å². The van der Waals surface area contributed by atoms with E-state index < -0.39 is 0 Å². The molecule has 0 aromatic heterocycles. The van der Waals surface area contributed by atoms with Crippen molar-refractivity contribution in [2.75, 3.05) is 56.1 Å². The molecule has 4 rings (SSSR count). The second kappa shape index (κ2) is 10.1. The van der Waals surface area contributed by atoms with Crippen LogP contribution in [0.3, 0.4) is 0 Å². The zero-order valence-corrected chi connectivity index (χ0v) is 19.0. The molecule has 1 aromatic rings. The first-order valence-electron chi connectivity index (χ1n) is 11.8. The van der Waals surface area contributed by atoms with Crippen LogP contribution in [0.1, 0.15) is 44.1 Å². The van der Waals surface area contributed by atoms with E-state index in [1.807, 2.05) is 18.0 Å². The molecule has 3 N–H and O–H groups in total. The molecule has 0 radical (unpaired) electrons. The summed E-state index contributed by atoms with van der Waals surface area (Å²) in [6.07, 6.45) is 4.78. The summed E-state index contributed by atoms with van der Waals surface area (Å²) in [6, 6.07) is 3.21. The second-order valence-electron chi connectivity index (χ2n) is 9.30. The van der Waals surface area contributed by atoms with Crippen molar-refractivity contribution >= 4 is 23.2 Å². The molecule has 0 saturated carbocycles. The maximum Gasteiger partial charge on any atom is 0.248 e. The van der Waals surface area contributed by atoms with Crippen LogP contribution in [0.5, 0.6) is 0 Å². The van der Waals surface area contributed by atoms with Crippen LogP contribution in [-0.2, 0) is 9.59 Å². The number of rotatable bonds is 6. The van der Waals surface area contributed by atoms with E-state index in [-0.39, 0.29) is 17.6 Å². The van der Waals surface area contributed by atoms with Crippen LogP contribution < -0.4 is 16.2 Å². The lowest BCUT2D eigenvalue weighted by Gasteiger charge is -2.37. The summed E-state index contributed by atoms with van der Waals surface area (Å²) in [5.74, 6) is 5.73. The average Bonchev–Trinajstić information content (AvgIpc) is 2.78. The summed E-state index contributed by atoms with van der Waals surface area (Å²) in [6.45, 7) is 8.35. The molecule has 0 aliphatic carbocycles. The average molecular weight is 447 g/mol. The topological polar surface area (TPSA) is 85.2 Å². The molecule has 0 atom stereocenters. The number of hydrogen-bond acceptors (Lipinski definition) is 7. The Kier molecular flexibility index (Phi) is 7.27. The summed E-state index contributed by atoms with van der Waals surface area (Å²) in [5, 5.41) is 2.94. The Balaban J connectivity index is 1.31. The van der Waals surface area contributed by atoms with Crippen molar-refractivity contribution in [1.82, 2.24) is 14.9 Å². The van der Waals surface area contributed by atoms with E-state index in [9.17, 15) is 14.0 Å². The first-order valence-corrected chi connectivity index (χ1v) is 11.8. The largest absolute Gasteiger partial charge is 0.367 e. The van der Waals surface area contributed by atoms with Gasteiger partial charge < -0.3 is 4.90 Å². The zero-order chi connectivity index (χ0) is 22.7. The molecule has 3 saturated heterocycles. The summed E-state index contributed by atoms with van der Waals surface area (Å²) in [5.41, 5.74) is 4.68. The third kappa shape index (κ3) is 5.39. The number of nitrogens with zero attached hydrogens (tertiary/aromatic N) is 4. The maximum absolute atomic E-state index is 15.0. The number of piperidine rings is 2. The highest BCUT2D eigenvalue weighted by atomic mass is 19.1. The van der Waals surface area contributed by atoms with E-state index in [1.165, 1.54) is 25.3 Å². The molecule has 1 aromatic carbocycles. The van der Waals surface area contributed by atoms with Crippen LogP contribution >= 0.6 is 0 Å².